The number of aryl methyl sites for hydroxylation is 2. The van der Waals surface area contributed by atoms with Gasteiger partial charge in [0.1, 0.15) is 4.88 Å². The fraction of sp³-hybridized carbons (Fsp3) is 0.0909. The highest BCUT2D eigenvalue weighted by molar-refractivity contribution is 7.17. The van der Waals surface area contributed by atoms with E-state index in [-0.39, 0.29) is 0 Å². The summed E-state index contributed by atoms with van der Waals surface area (Å²) in [5.74, 6) is 0.0909. The number of anilines is 2. The van der Waals surface area contributed by atoms with E-state index in [4.69, 9.17) is 5.73 Å². The van der Waals surface area contributed by atoms with Crippen molar-refractivity contribution in [3.8, 4) is 11.3 Å². The molecule has 2 aromatic carbocycles. The smallest absolute Gasteiger partial charge is 0.260 e. The summed E-state index contributed by atoms with van der Waals surface area (Å²) in [6, 6.07) is 23.7. The summed E-state index contributed by atoms with van der Waals surface area (Å²) in [4.78, 5) is 16.9. The zero-order valence-corrected chi connectivity index (χ0v) is 16.4. The number of carbonyl (C=O) groups excluding carboxylic acids is 1. The average Bonchev–Trinajstić information content (AvgIpc) is 3.17. The van der Waals surface area contributed by atoms with Crippen LogP contribution in [0, 0.1) is 0 Å². The van der Waals surface area contributed by atoms with Gasteiger partial charge in [-0.2, -0.15) is 0 Å². The molecule has 6 nitrogen and oxygen atoms in total. The molecule has 0 aliphatic heterocycles. The molecule has 0 atom stereocenters. The fourth-order valence-electron chi connectivity index (χ4n) is 2.95. The number of nitrogens with zero attached hydrogens (tertiary/aromatic N) is 3. The summed E-state index contributed by atoms with van der Waals surface area (Å²) in [5.41, 5.74) is 9.22. The van der Waals surface area contributed by atoms with E-state index in [0.29, 0.717) is 27.9 Å². The van der Waals surface area contributed by atoms with Crippen molar-refractivity contribution in [3.63, 3.8) is 0 Å². The predicted molar refractivity (Wildman–Crippen MR) is 115 cm³/mol. The Balaban J connectivity index is 1.49. The zero-order valence-electron chi connectivity index (χ0n) is 15.6. The molecule has 0 fully saturated rings. The van der Waals surface area contributed by atoms with Crippen LogP contribution in [0.5, 0.6) is 0 Å². The van der Waals surface area contributed by atoms with Gasteiger partial charge in [-0.1, -0.05) is 72.0 Å². The lowest BCUT2D eigenvalue weighted by Gasteiger charge is -2.03. The summed E-state index contributed by atoms with van der Waals surface area (Å²) in [5, 5.41) is 12.2. The lowest BCUT2D eigenvalue weighted by atomic mass is 10.1. The molecule has 0 aliphatic rings. The molecule has 4 rings (SSSR count). The molecule has 0 bridgehead atoms. The summed E-state index contributed by atoms with van der Waals surface area (Å²) in [6.45, 7) is 0. The monoisotopic (exact) mass is 401 g/mol. The van der Waals surface area contributed by atoms with Gasteiger partial charge in [0.2, 0.25) is 0 Å². The van der Waals surface area contributed by atoms with Crippen LogP contribution in [-0.2, 0) is 12.8 Å². The number of nitrogens with one attached hydrogen (secondary N) is 1. The predicted octanol–water partition coefficient (Wildman–Crippen LogP) is 4.23. The van der Waals surface area contributed by atoms with Crippen molar-refractivity contribution in [3.05, 3.63) is 88.9 Å². The second kappa shape index (κ2) is 8.62. The van der Waals surface area contributed by atoms with Crippen LogP contribution < -0.4 is 11.1 Å². The molecule has 0 saturated carbocycles. The third-order valence-corrected chi connectivity index (χ3v) is 5.41. The van der Waals surface area contributed by atoms with Gasteiger partial charge >= 0.3 is 0 Å². The number of carbonyl (C=O) groups is 1. The van der Waals surface area contributed by atoms with Gasteiger partial charge in [-0.25, -0.2) is 4.98 Å². The Morgan fingerprint density at radius 3 is 2.28 bits per heavy atom. The molecule has 2 heterocycles. The van der Waals surface area contributed by atoms with Gasteiger partial charge in [0.25, 0.3) is 5.91 Å². The number of aromatic nitrogens is 3. The number of hydrogen-bond acceptors (Lipinski definition) is 6. The average molecular weight is 401 g/mol. The Morgan fingerprint density at radius 1 is 0.897 bits per heavy atom. The molecule has 0 aliphatic carbocycles. The maximum absolute atomic E-state index is 11.8. The molecule has 0 saturated heterocycles. The molecule has 3 N–H and O–H groups in total. The number of amides is 1. The summed E-state index contributed by atoms with van der Waals surface area (Å²) < 4.78 is 0. The van der Waals surface area contributed by atoms with Crippen LogP contribution in [0.2, 0.25) is 0 Å². The number of rotatable bonds is 7. The number of hydrogen-bond donors (Lipinski definition) is 2. The first-order valence-corrected chi connectivity index (χ1v) is 10.0. The number of primary amides is 1. The van der Waals surface area contributed by atoms with Gasteiger partial charge in [0.05, 0.1) is 11.4 Å². The molecule has 144 valence electrons. The largest absolute Gasteiger partial charge is 0.365 e. The van der Waals surface area contributed by atoms with Crippen LogP contribution >= 0.6 is 11.3 Å². The third-order valence-electron chi connectivity index (χ3n) is 4.38. The number of nitrogens with two attached hydrogens (primary N) is 1. The molecule has 29 heavy (non-hydrogen) atoms. The highest BCUT2D eigenvalue weighted by Crippen LogP contribution is 2.26. The molecular weight excluding hydrogens is 382 g/mol. The zero-order chi connectivity index (χ0) is 20.1. The highest BCUT2D eigenvalue weighted by Gasteiger charge is 2.16. The SMILES string of the molecule is NC(=O)c1sc(Nc2ccc(-c3ccccc3)nn2)nc1CCc1ccccc1. The van der Waals surface area contributed by atoms with Crippen LogP contribution in [0.1, 0.15) is 20.9 Å². The van der Waals surface area contributed by atoms with E-state index in [1.54, 1.807) is 0 Å². The third kappa shape index (κ3) is 4.64. The van der Waals surface area contributed by atoms with E-state index < -0.39 is 5.91 Å². The van der Waals surface area contributed by atoms with Gasteiger partial charge in [-0.15, -0.1) is 10.2 Å². The van der Waals surface area contributed by atoms with E-state index in [9.17, 15) is 4.79 Å². The standard InChI is InChI=1S/C22H19N5OS/c23-21(28)20-18(12-11-15-7-3-1-4-8-15)24-22(29-20)25-19-14-13-17(26-27-19)16-9-5-2-6-10-16/h1-10,13-14H,11-12H2,(H2,23,28)(H,24,25,27). The normalized spacial score (nSPS) is 10.6. The van der Waals surface area contributed by atoms with E-state index in [0.717, 1.165) is 17.7 Å². The first-order valence-electron chi connectivity index (χ1n) is 9.18. The van der Waals surface area contributed by atoms with E-state index in [2.05, 4.69) is 32.6 Å². The molecule has 7 heteroatoms. The Labute approximate surface area is 172 Å². The minimum atomic E-state index is -0.468. The lowest BCUT2D eigenvalue weighted by Crippen LogP contribution is -2.11. The van der Waals surface area contributed by atoms with Crippen molar-refractivity contribution in [1.29, 1.82) is 0 Å². The van der Waals surface area contributed by atoms with E-state index in [1.807, 2.05) is 60.7 Å². The highest BCUT2D eigenvalue weighted by atomic mass is 32.1. The van der Waals surface area contributed by atoms with E-state index >= 15 is 0 Å². The van der Waals surface area contributed by atoms with Crippen LogP contribution in [0.25, 0.3) is 11.3 Å². The summed E-state index contributed by atoms with van der Waals surface area (Å²) in [6.07, 6.45) is 1.43. The first-order chi connectivity index (χ1) is 14.2. The van der Waals surface area contributed by atoms with Crippen molar-refractivity contribution in [2.24, 2.45) is 5.73 Å². The van der Waals surface area contributed by atoms with Crippen molar-refractivity contribution in [2.75, 3.05) is 5.32 Å². The maximum Gasteiger partial charge on any atom is 0.260 e. The van der Waals surface area contributed by atoms with Crippen molar-refractivity contribution in [1.82, 2.24) is 15.2 Å². The second-order valence-electron chi connectivity index (χ2n) is 6.44. The van der Waals surface area contributed by atoms with E-state index in [1.165, 1.54) is 16.9 Å². The van der Waals surface area contributed by atoms with Gasteiger partial charge in [-0.05, 0) is 30.5 Å². The molecule has 0 unspecified atom stereocenters. The Morgan fingerprint density at radius 2 is 1.62 bits per heavy atom. The summed E-state index contributed by atoms with van der Waals surface area (Å²) in [7, 11) is 0. The molecule has 2 aromatic heterocycles. The fourth-order valence-corrected chi connectivity index (χ4v) is 3.82. The summed E-state index contributed by atoms with van der Waals surface area (Å²) >= 11 is 1.23. The minimum Gasteiger partial charge on any atom is -0.365 e. The Kier molecular flexibility index (Phi) is 5.58. The number of thiazole rings is 1. The second-order valence-corrected chi connectivity index (χ2v) is 7.44. The van der Waals surface area contributed by atoms with Crippen molar-refractivity contribution in [2.45, 2.75) is 12.8 Å². The Hall–Kier alpha value is -3.58. The van der Waals surface area contributed by atoms with Gasteiger partial charge in [0.15, 0.2) is 10.9 Å². The van der Waals surface area contributed by atoms with Gasteiger partial charge in [0, 0.05) is 5.56 Å². The lowest BCUT2D eigenvalue weighted by molar-refractivity contribution is 0.100. The molecule has 4 aromatic rings. The molecule has 0 spiro atoms. The maximum atomic E-state index is 11.8. The van der Waals surface area contributed by atoms with Crippen LogP contribution in [0.4, 0.5) is 10.9 Å². The molecule has 1 amide bonds. The van der Waals surface area contributed by atoms with Crippen molar-refractivity contribution >= 4 is 28.2 Å². The molecular formula is C22H19N5OS. The quantitative estimate of drug-likeness (QED) is 0.483. The number of benzene rings is 2. The Bertz CT molecular complexity index is 1100. The van der Waals surface area contributed by atoms with Crippen molar-refractivity contribution < 1.29 is 4.79 Å². The first kappa shape index (κ1) is 18.8. The van der Waals surface area contributed by atoms with Gasteiger partial charge in [-0.3, -0.25) is 4.79 Å². The van der Waals surface area contributed by atoms with Crippen LogP contribution in [0.3, 0.4) is 0 Å². The van der Waals surface area contributed by atoms with Crippen LogP contribution in [0.15, 0.2) is 72.8 Å². The van der Waals surface area contributed by atoms with Gasteiger partial charge < -0.3 is 11.1 Å². The van der Waals surface area contributed by atoms with Crippen LogP contribution in [-0.4, -0.2) is 21.1 Å². The minimum absolute atomic E-state index is 0.468. The topological polar surface area (TPSA) is 93.8 Å². The molecule has 0 radical (unpaired) electrons.